The SMILES string of the molecule is CC(C)C[C@@H](CC(=O)NC(C)(C)C(=O)N[C@@H](CC(C)C)C(=O)N[C@@H](CC(C)C)C(=O)NC(C)(C)C(=O)NC(C)(C)C(=O)NCCC(=O)NC1(CN(C)C)CCC1)NC(=O)[C@H](CCC1CCCCC1)NC(=O)[C@@H]1CCCN1C(=O)c1ccc(F)cc1. The molecule has 5 atom stereocenters. The number of halogens is 1. The first-order valence-electron chi connectivity index (χ1n) is 31.1. The van der Waals surface area contributed by atoms with Gasteiger partial charge >= 0.3 is 0 Å². The molecule has 4 rings (SSSR count). The lowest BCUT2D eigenvalue weighted by atomic mass is 9.76. The molecular weight excluding hydrogens is 1090 g/mol. The number of carbonyl (C=O) groups excluding carboxylic acids is 10. The number of rotatable bonds is 32. The zero-order chi connectivity index (χ0) is 63.6. The molecule has 22 heteroatoms. The molecule has 1 saturated heterocycles. The Morgan fingerprint density at radius 2 is 1.18 bits per heavy atom. The number of hydrogen-bond donors (Lipinski definition) is 9. The molecule has 1 aromatic rings. The minimum atomic E-state index is -1.58. The van der Waals surface area contributed by atoms with E-state index >= 15 is 0 Å². The summed E-state index contributed by atoms with van der Waals surface area (Å²) in [5, 5.41) is 25.7. The largest absolute Gasteiger partial charge is 0.354 e. The van der Waals surface area contributed by atoms with E-state index in [0.717, 1.165) is 57.9 Å². The zero-order valence-electron chi connectivity index (χ0n) is 53.5. The summed E-state index contributed by atoms with van der Waals surface area (Å²) in [4.78, 5) is 142. The Morgan fingerprint density at radius 1 is 0.612 bits per heavy atom. The van der Waals surface area contributed by atoms with Crippen molar-refractivity contribution in [3.05, 3.63) is 35.6 Å². The third kappa shape index (κ3) is 22.9. The van der Waals surface area contributed by atoms with Crippen LogP contribution < -0.4 is 47.9 Å². The fraction of sp³-hybridized carbons (Fsp3) is 0.746. The van der Waals surface area contributed by atoms with Crippen LogP contribution in [0.2, 0.25) is 0 Å². The second-order valence-corrected chi connectivity index (χ2v) is 27.5. The molecule has 85 heavy (non-hydrogen) atoms. The smallest absolute Gasteiger partial charge is 0.254 e. The number of carbonyl (C=O) groups is 10. The Morgan fingerprint density at radius 3 is 1.74 bits per heavy atom. The van der Waals surface area contributed by atoms with Gasteiger partial charge in [0.05, 0.1) is 5.54 Å². The lowest BCUT2D eigenvalue weighted by Crippen LogP contribution is -2.65. The van der Waals surface area contributed by atoms with Crippen LogP contribution in [0.25, 0.3) is 0 Å². The van der Waals surface area contributed by atoms with Crippen LogP contribution in [-0.4, -0.2) is 155 Å². The van der Waals surface area contributed by atoms with E-state index in [1.807, 2.05) is 60.5 Å². The normalized spacial score (nSPS) is 17.9. The van der Waals surface area contributed by atoms with E-state index in [1.165, 1.54) is 70.7 Å². The quantitative estimate of drug-likeness (QED) is 0.0460. The van der Waals surface area contributed by atoms with Gasteiger partial charge in [0.2, 0.25) is 53.2 Å². The number of likely N-dealkylation sites (tertiary alicyclic amines) is 1. The van der Waals surface area contributed by atoms with E-state index in [1.54, 1.807) is 0 Å². The summed E-state index contributed by atoms with van der Waals surface area (Å²) in [5.41, 5.74) is -4.62. The summed E-state index contributed by atoms with van der Waals surface area (Å²) in [6.45, 7) is 21.4. The Balaban J connectivity index is 1.39. The van der Waals surface area contributed by atoms with Crippen molar-refractivity contribution in [3.8, 4) is 0 Å². The molecule has 1 aromatic carbocycles. The first-order valence-corrected chi connectivity index (χ1v) is 31.1. The van der Waals surface area contributed by atoms with Gasteiger partial charge in [-0.2, -0.15) is 0 Å². The molecule has 1 aliphatic heterocycles. The first-order chi connectivity index (χ1) is 39.6. The van der Waals surface area contributed by atoms with Gasteiger partial charge in [0, 0.05) is 44.1 Å². The van der Waals surface area contributed by atoms with Crippen molar-refractivity contribution in [1.29, 1.82) is 0 Å². The van der Waals surface area contributed by atoms with Gasteiger partial charge in [0.15, 0.2) is 0 Å². The summed E-state index contributed by atoms with van der Waals surface area (Å²) in [6, 6.07) is 0.340. The Kier molecular flexibility index (Phi) is 26.8. The second kappa shape index (κ2) is 32.0. The molecule has 478 valence electrons. The van der Waals surface area contributed by atoms with E-state index in [-0.39, 0.29) is 67.0 Å². The van der Waals surface area contributed by atoms with Gasteiger partial charge in [0.1, 0.15) is 46.6 Å². The third-order valence-corrected chi connectivity index (χ3v) is 16.3. The van der Waals surface area contributed by atoms with Crippen LogP contribution >= 0.6 is 0 Å². The van der Waals surface area contributed by atoms with Crippen LogP contribution in [0.15, 0.2) is 24.3 Å². The van der Waals surface area contributed by atoms with Gasteiger partial charge in [-0.05, 0) is 168 Å². The van der Waals surface area contributed by atoms with Crippen molar-refractivity contribution in [2.45, 2.75) is 245 Å². The maximum atomic E-state index is 14.4. The van der Waals surface area contributed by atoms with Crippen LogP contribution in [-0.2, 0) is 43.2 Å². The average molecular weight is 1190 g/mol. The summed E-state index contributed by atoms with van der Waals surface area (Å²) in [6.07, 6.45) is 10.7. The molecule has 0 bridgehead atoms. The van der Waals surface area contributed by atoms with Crippen molar-refractivity contribution in [2.24, 2.45) is 23.7 Å². The molecule has 0 spiro atoms. The van der Waals surface area contributed by atoms with Gasteiger partial charge < -0.3 is 57.7 Å². The van der Waals surface area contributed by atoms with Gasteiger partial charge in [0.25, 0.3) is 5.91 Å². The molecule has 10 amide bonds. The molecule has 2 aliphatic carbocycles. The van der Waals surface area contributed by atoms with Gasteiger partial charge in [-0.15, -0.1) is 0 Å². The number of hydrogen-bond acceptors (Lipinski definition) is 11. The Hall–Kier alpha value is -6.19. The zero-order valence-corrected chi connectivity index (χ0v) is 53.5. The van der Waals surface area contributed by atoms with Gasteiger partial charge in [-0.3, -0.25) is 47.9 Å². The predicted octanol–water partition coefficient (Wildman–Crippen LogP) is 5.05. The fourth-order valence-corrected chi connectivity index (χ4v) is 11.6. The highest BCUT2D eigenvalue weighted by molar-refractivity contribution is 6.00. The fourth-order valence-electron chi connectivity index (χ4n) is 11.6. The molecule has 0 unspecified atom stereocenters. The maximum Gasteiger partial charge on any atom is 0.254 e. The molecule has 21 nitrogen and oxygen atoms in total. The second-order valence-electron chi connectivity index (χ2n) is 27.5. The standard InChI is InChI=1S/C63H104FN11O10/c1-39(2)34-45(66-52(78)46(28-23-42-20-16-15-17-21-42)67-55(81)49-22-18-33-75(49)56(82)43-24-26-44(64)27-25-43)37-51(77)70-61(9,10)58(84)69-47(35-40(3)4)53(79)68-48(36-41(5)6)54(80)72-62(11,12)59(85)73-60(7,8)57(83)65-32-29-50(76)71-63(30-19-31-63)38-74(13)14/h24-27,39-42,45-49H,15-23,28-38H2,1-14H3,(H,65,83)(H,66,78)(H,67,81)(H,68,79)(H,69,84)(H,70,77)(H,71,76)(H,72,80)(H,73,85)/t45-,46-,47-,48-,49-/m0/s1. The minimum absolute atomic E-state index is 0.0235. The third-order valence-electron chi connectivity index (χ3n) is 16.3. The maximum absolute atomic E-state index is 14.4. The molecule has 3 fully saturated rings. The highest BCUT2D eigenvalue weighted by atomic mass is 19.1. The van der Waals surface area contributed by atoms with Gasteiger partial charge in [-0.25, -0.2) is 4.39 Å². The van der Waals surface area contributed by atoms with Crippen LogP contribution in [0.3, 0.4) is 0 Å². The summed E-state index contributed by atoms with van der Waals surface area (Å²) in [7, 11) is 3.91. The number of benzene rings is 1. The number of nitrogens with zero attached hydrogens (tertiary/aromatic N) is 2. The van der Waals surface area contributed by atoms with Crippen molar-refractivity contribution >= 4 is 59.1 Å². The highest BCUT2D eigenvalue weighted by Crippen LogP contribution is 2.33. The van der Waals surface area contributed by atoms with E-state index in [9.17, 15) is 52.3 Å². The summed E-state index contributed by atoms with van der Waals surface area (Å²) >= 11 is 0. The first kappa shape index (κ1) is 71.3. The molecule has 3 aliphatic rings. The Bertz CT molecular complexity index is 2470. The van der Waals surface area contributed by atoms with E-state index < -0.39 is 106 Å². The summed E-state index contributed by atoms with van der Waals surface area (Å²) in [5.74, 6) is -5.61. The Labute approximate surface area is 504 Å². The van der Waals surface area contributed by atoms with Gasteiger partial charge in [-0.1, -0.05) is 73.6 Å². The number of nitrogens with one attached hydrogen (secondary N) is 9. The van der Waals surface area contributed by atoms with Crippen molar-refractivity contribution in [2.75, 3.05) is 33.7 Å². The minimum Gasteiger partial charge on any atom is -0.354 e. The average Bonchev–Trinajstić information content (AvgIpc) is 4.17. The molecule has 9 N–H and O–H groups in total. The topological polar surface area (TPSA) is 285 Å². The number of likely N-dealkylation sites (N-methyl/N-ethyl adjacent to an activating group) is 1. The molecule has 0 radical (unpaired) electrons. The summed E-state index contributed by atoms with van der Waals surface area (Å²) < 4.78 is 13.7. The molecular formula is C63H104FN11O10. The molecule has 2 saturated carbocycles. The van der Waals surface area contributed by atoms with Crippen LogP contribution in [0, 0.1) is 29.5 Å². The lowest BCUT2D eigenvalue weighted by molar-refractivity contribution is -0.139. The van der Waals surface area contributed by atoms with Crippen LogP contribution in [0.4, 0.5) is 4.39 Å². The molecule has 1 heterocycles. The highest BCUT2D eigenvalue weighted by Gasteiger charge is 2.42. The monoisotopic (exact) mass is 1190 g/mol. The van der Waals surface area contributed by atoms with Crippen molar-refractivity contribution < 1.29 is 52.3 Å². The van der Waals surface area contributed by atoms with Crippen LogP contribution in [0.5, 0.6) is 0 Å². The molecule has 0 aromatic heterocycles. The van der Waals surface area contributed by atoms with Crippen molar-refractivity contribution in [1.82, 2.24) is 57.7 Å². The van der Waals surface area contributed by atoms with E-state index in [4.69, 9.17) is 0 Å². The lowest BCUT2D eigenvalue weighted by Gasteiger charge is -2.44. The van der Waals surface area contributed by atoms with E-state index in [0.29, 0.717) is 44.6 Å². The van der Waals surface area contributed by atoms with Crippen LogP contribution in [0.1, 0.15) is 203 Å². The van der Waals surface area contributed by atoms with Crippen molar-refractivity contribution in [3.63, 3.8) is 0 Å². The predicted molar refractivity (Wildman–Crippen MR) is 325 cm³/mol. The van der Waals surface area contributed by atoms with E-state index in [2.05, 4.69) is 47.9 Å². The number of amides is 10.